The average Bonchev–Trinajstić information content (AvgIpc) is 3.10. The molecule has 5 nitrogen and oxygen atoms in total. The van der Waals surface area contributed by atoms with Gasteiger partial charge >= 0.3 is 0 Å². The summed E-state index contributed by atoms with van der Waals surface area (Å²) in [5, 5.41) is 2.80. The molecule has 1 heterocycles. The minimum absolute atomic E-state index is 0.397. The molecule has 1 N–H and O–H groups in total. The third-order valence-corrected chi connectivity index (χ3v) is 8.68. The number of alkyl halides is 2. The molecule has 2 bridgehead atoms. The molecule has 7 heteroatoms. The van der Waals surface area contributed by atoms with Crippen molar-refractivity contribution < 1.29 is 14.4 Å². The quantitative estimate of drug-likeness (QED) is 0.433. The number of benzene rings is 3. The first-order valence-electron chi connectivity index (χ1n) is 11.1. The third kappa shape index (κ3) is 2.54. The number of nitrogens with one attached hydrogen (secondary N) is 1. The van der Waals surface area contributed by atoms with Crippen molar-refractivity contribution in [2.75, 3.05) is 11.9 Å². The number of amides is 3. The summed E-state index contributed by atoms with van der Waals surface area (Å²) in [5.41, 5.74) is 4.45. The predicted octanol–water partition coefficient (Wildman–Crippen LogP) is 4.53. The summed E-state index contributed by atoms with van der Waals surface area (Å²) < 4.78 is 0. The lowest BCUT2D eigenvalue weighted by Gasteiger charge is -2.54. The van der Waals surface area contributed by atoms with Crippen LogP contribution in [0.2, 0.25) is 0 Å². The zero-order valence-electron chi connectivity index (χ0n) is 18.2. The molecule has 2 atom stereocenters. The number of imide groups is 1. The molecule has 3 amide bonds. The maximum absolute atomic E-state index is 13.7. The molecule has 0 radical (unpaired) electrons. The van der Waals surface area contributed by atoms with Crippen LogP contribution in [-0.4, -0.2) is 29.2 Å². The summed E-state index contributed by atoms with van der Waals surface area (Å²) >= 11 is 14.8. The van der Waals surface area contributed by atoms with E-state index in [1.165, 1.54) is 0 Å². The van der Waals surface area contributed by atoms with Gasteiger partial charge in [0.1, 0.15) is 16.3 Å². The molecule has 3 aromatic rings. The van der Waals surface area contributed by atoms with Crippen LogP contribution >= 0.6 is 23.2 Å². The Hall–Kier alpha value is -3.15. The number of likely N-dealkylation sites (tertiary alicyclic amines) is 1. The van der Waals surface area contributed by atoms with Gasteiger partial charge in [-0.2, -0.15) is 0 Å². The summed E-state index contributed by atoms with van der Waals surface area (Å²) in [6.45, 7) is 1.47. The zero-order valence-corrected chi connectivity index (χ0v) is 19.7. The van der Waals surface area contributed by atoms with Gasteiger partial charge in [0.2, 0.25) is 17.7 Å². The molecule has 1 saturated heterocycles. The van der Waals surface area contributed by atoms with Crippen LogP contribution in [0.3, 0.4) is 0 Å². The Morgan fingerprint density at radius 2 is 1.21 bits per heavy atom. The van der Waals surface area contributed by atoms with Crippen molar-refractivity contribution in [2.45, 2.75) is 16.7 Å². The Labute approximate surface area is 206 Å². The summed E-state index contributed by atoms with van der Waals surface area (Å²) in [6.07, 6.45) is 0. The number of hydrogen-bond acceptors (Lipinski definition) is 3. The lowest BCUT2D eigenvalue weighted by atomic mass is 9.54. The lowest BCUT2D eigenvalue weighted by Crippen LogP contribution is -2.57. The van der Waals surface area contributed by atoms with Gasteiger partial charge in [0.25, 0.3) is 0 Å². The van der Waals surface area contributed by atoms with E-state index in [0.717, 1.165) is 32.7 Å². The van der Waals surface area contributed by atoms with Crippen molar-refractivity contribution in [3.05, 3.63) is 101 Å². The minimum atomic E-state index is -1.25. The molecular weight excluding hydrogens is 471 g/mol. The predicted molar refractivity (Wildman–Crippen MR) is 130 cm³/mol. The van der Waals surface area contributed by atoms with Crippen LogP contribution in [0.1, 0.15) is 27.8 Å². The van der Waals surface area contributed by atoms with Crippen molar-refractivity contribution in [1.82, 2.24) is 4.90 Å². The number of carbonyl (C=O) groups excluding carboxylic acids is 3. The van der Waals surface area contributed by atoms with Gasteiger partial charge in [-0.3, -0.25) is 19.3 Å². The first kappa shape index (κ1) is 21.4. The average molecular weight is 491 g/mol. The molecule has 1 fully saturated rings. The molecule has 0 saturated carbocycles. The van der Waals surface area contributed by atoms with Crippen LogP contribution in [0.25, 0.3) is 0 Å². The zero-order chi connectivity index (χ0) is 23.8. The molecule has 0 aromatic heterocycles. The largest absolute Gasteiger partial charge is 0.324 e. The summed E-state index contributed by atoms with van der Waals surface area (Å²) in [6, 6.07) is 22.2. The highest BCUT2D eigenvalue weighted by Crippen LogP contribution is 2.69. The second-order valence-corrected chi connectivity index (χ2v) is 10.3. The van der Waals surface area contributed by atoms with E-state index in [1.54, 1.807) is 6.07 Å². The van der Waals surface area contributed by atoms with Gasteiger partial charge in [-0.05, 0) is 40.8 Å². The van der Waals surface area contributed by atoms with Crippen molar-refractivity contribution in [3.63, 3.8) is 0 Å². The van der Waals surface area contributed by atoms with Crippen LogP contribution in [-0.2, 0) is 24.1 Å². The van der Waals surface area contributed by atoms with E-state index < -0.39 is 45.9 Å². The Balaban J connectivity index is 1.43. The number of para-hydroxylation sites is 1. The van der Waals surface area contributed by atoms with Crippen molar-refractivity contribution in [2.24, 2.45) is 11.8 Å². The maximum atomic E-state index is 13.7. The third-order valence-electron chi connectivity index (χ3n) is 7.40. The van der Waals surface area contributed by atoms with Crippen molar-refractivity contribution in [3.8, 4) is 0 Å². The molecule has 1 aliphatic heterocycles. The van der Waals surface area contributed by atoms with Gasteiger partial charge in [-0.1, -0.05) is 66.7 Å². The maximum Gasteiger partial charge on any atom is 0.244 e. The van der Waals surface area contributed by atoms with Gasteiger partial charge in [0.15, 0.2) is 0 Å². The fraction of sp³-hybridized carbons (Fsp3) is 0.222. The highest BCUT2D eigenvalue weighted by molar-refractivity contribution is 6.36. The number of aryl methyl sites for hydroxylation is 1. The minimum Gasteiger partial charge on any atom is -0.324 e. The molecule has 3 aliphatic carbocycles. The van der Waals surface area contributed by atoms with Gasteiger partial charge < -0.3 is 5.32 Å². The molecule has 34 heavy (non-hydrogen) atoms. The Morgan fingerprint density at radius 3 is 1.65 bits per heavy atom. The van der Waals surface area contributed by atoms with E-state index in [2.05, 4.69) is 5.32 Å². The van der Waals surface area contributed by atoms with Gasteiger partial charge in [0, 0.05) is 5.69 Å². The molecule has 170 valence electrons. The first-order chi connectivity index (χ1) is 16.3. The first-order valence-corrected chi connectivity index (χ1v) is 11.8. The number of hydrogen-bond donors (Lipinski definition) is 1. The molecule has 0 spiro atoms. The summed E-state index contributed by atoms with van der Waals surface area (Å²) in [7, 11) is 0. The van der Waals surface area contributed by atoms with E-state index in [1.807, 2.05) is 73.7 Å². The molecular formula is C27H20Cl2N2O3. The fourth-order valence-electron chi connectivity index (χ4n) is 5.93. The van der Waals surface area contributed by atoms with Gasteiger partial charge in [-0.15, -0.1) is 23.2 Å². The van der Waals surface area contributed by atoms with Crippen molar-refractivity contribution >= 4 is 46.6 Å². The second kappa shape index (κ2) is 7.17. The molecule has 0 unspecified atom stereocenters. The highest BCUT2D eigenvalue weighted by Gasteiger charge is 2.73. The topological polar surface area (TPSA) is 66.5 Å². The summed E-state index contributed by atoms with van der Waals surface area (Å²) in [4.78, 5) is 38.9. The molecule has 7 rings (SSSR count). The van der Waals surface area contributed by atoms with Crippen LogP contribution in [0, 0.1) is 18.8 Å². The lowest BCUT2D eigenvalue weighted by molar-refractivity contribution is -0.142. The van der Waals surface area contributed by atoms with Crippen LogP contribution in [0.15, 0.2) is 72.8 Å². The summed E-state index contributed by atoms with van der Waals surface area (Å²) in [5.74, 6) is -3.22. The number of rotatable bonds is 3. The van der Waals surface area contributed by atoms with Crippen LogP contribution in [0.4, 0.5) is 5.69 Å². The standard InChI is InChI=1S/C27H20Cl2N2O3/c1-15-8-2-7-13-20(15)30-21(32)14-31-24(33)22-23(25(31)34)27(29)17-10-4-3-9-16(17)26(22,28)18-11-5-6-12-19(18)27/h2-13,22-23H,14H2,1H3,(H,30,32)/t22-,23-,26?,27?/m0/s1. The normalized spacial score (nSPS) is 28.4. The highest BCUT2D eigenvalue weighted by atomic mass is 35.5. The van der Waals surface area contributed by atoms with E-state index in [-0.39, 0.29) is 0 Å². The Bertz CT molecular complexity index is 1280. The van der Waals surface area contributed by atoms with E-state index in [4.69, 9.17) is 23.2 Å². The SMILES string of the molecule is Cc1ccccc1NC(=O)CN1C(=O)[C@@H]2[C@@H](C1=O)C1(Cl)c3ccccc3C2(Cl)c2ccccc21. The molecule has 3 aromatic carbocycles. The van der Waals surface area contributed by atoms with E-state index in [9.17, 15) is 14.4 Å². The second-order valence-electron chi connectivity index (χ2n) is 9.10. The van der Waals surface area contributed by atoms with E-state index >= 15 is 0 Å². The number of carbonyl (C=O) groups is 3. The van der Waals surface area contributed by atoms with Crippen molar-refractivity contribution in [1.29, 1.82) is 0 Å². The fourth-order valence-corrected chi connectivity index (χ4v) is 7.02. The number of anilines is 1. The number of halogens is 2. The smallest absolute Gasteiger partial charge is 0.244 e. The van der Waals surface area contributed by atoms with Gasteiger partial charge in [-0.25, -0.2) is 0 Å². The Morgan fingerprint density at radius 1 is 0.794 bits per heavy atom. The Kier molecular flexibility index (Phi) is 4.51. The van der Waals surface area contributed by atoms with Gasteiger partial charge in [0.05, 0.1) is 11.8 Å². The molecule has 4 aliphatic rings. The monoisotopic (exact) mass is 490 g/mol. The van der Waals surface area contributed by atoms with Crippen LogP contribution in [0.5, 0.6) is 0 Å². The van der Waals surface area contributed by atoms with Crippen LogP contribution < -0.4 is 5.32 Å². The van der Waals surface area contributed by atoms with E-state index in [0.29, 0.717) is 5.69 Å². The number of nitrogens with zero attached hydrogens (tertiary/aromatic N) is 1.